The van der Waals surface area contributed by atoms with Crippen LogP contribution in [0.25, 0.3) is 0 Å². The van der Waals surface area contributed by atoms with Gasteiger partial charge in [0.2, 0.25) is 0 Å². The predicted molar refractivity (Wildman–Crippen MR) is 71.3 cm³/mol. The van der Waals surface area contributed by atoms with Gasteiger partial charge < -0.3 is 10.2 Å². The van der Waals surface area contributed by atoms with E-state index in [4.69, 9.17) is 0 Å². The van der Waals surface area contributed by atoms with Gasteiger partial charge >= 0.3 is 0 Å². The number of hydrogen-bond donors (Lipinski definition) is 1. The second kappa shape index (κ2) is 6.31. The van der Waals surface area contributed by atoms with Gasteiger partial charge in [0, 0.05) is 18.5 Å². The smallest absolute Gasteiger partial charge is 0.272 e. The fraction of sp³-hybridized carbons (Fsp3) is 0. The van der Waals surface area contributed by atoms with Crippen LogP contribution in [0.4, 0.5) is 5.69 Å². The lowest BCUT2D eigenvalue weighted by molar-refractivity contribution is -0.398. The van der Waals surface area contributed by atoms with E-state index in [0.29, 0.717) is 6.07 Å². The van der Waals surface area contributed by atoms with E-state index < -0.39 is 28.0 Å². The van der Waals surface area contributed by atoms with Crippen molar-refractivity contribution in [1.29, 1.82) is 0 Å². The second-order valence-corrected chi connectivity index (χ2v) is 4.06. The molecule has 2 aromatic rings. The molecule has 1 aromatic heterocycles. The van der Waals surface area contributed by atoms with Gasteiger partial charge in [0.25, 0.3) is 11.6 Å². The molecule has 0 saturated heterocycles. The summed E-state index contributed by atoms with van der Waals surface area (Å²) in [6.07, 6.45) is 3.75. The van der Waals surface area contributed by atoms with E-state index in [1.165, 1.54) is 18.5 Å². The molecule has 1 N–H and O–H groups in total. The Morgan fingerprint density at radius 2 is 2.09 bits per heavy atom. The van der Waals surface area contributed by atoms with Crippen LogP contribution in [0.15, 0.2) is 41.8 Å². The van der Waals surface area contributed by atoms with Crippen LogP contribution in [0.2, 0.25) is 0 Å². The summed E-state index contributed by atoms with van der Waals surface area (Å²) >= 11 is 0. The lowest BCUT2D eigenvalue weighted by Gasteiger charge is -2.15. The van der Waals surface area contributed by atoms with Crippen LogP contribution in [-0.4, -0.2) is 22.0 Å². The highest BCUT2D eigenvalue weighted by Gasteiger charge is 2.08. The average Bonchev–Trinajstić information content (AvgIpc) is 2.49. The molecule has 112 valence electrons. The maximum atomic E-state index is 11.6. The van der Waals surface area contributed by atoms with Gasteiger partial charge in [-0.1, -0.05) is 6.07 Å². The van der Waals surface area contributed by atoms with Crippen molar-refractivity contribution in [3.05, 3.63) is 57.9 Å². The number of aromatic nitrogens is 1. The van der Waals surface area contributed by atoms with E-state index in [-0.39, 0.29) is 11.1 Å². The van der Waals surface area contributed by atoms with Crippen LogP contribution in [0.1, 0.15) is 15.9 Å². The zero-order valence-electron chi connectivity index (χ0n) is 10.9. The minimum Gasteiger partial charge on any atom is -0.872 e. The van der Waals surface area contributed by atoms with Crippen molar-refractivity contribution in [2.75, 3.05) is 0 Å². The van der Waals surface area contributed by atoms with Gasteiger partial charge in [-0.2, -0.15) is 5.10 Å². The number of hydrazone groups is 1. The first kappa shape index (κ1) is 14.9. The molecule has 0 saturated carbocycles. The molecule has 2 rings (SSSR count). The maximum absolute atomic E-state index is 11.6. The van der Waals surface area contributed by atoms with Crippen molar-refractivity contribution < 1.29 is 19.9 Å². The average molecular weight is 300 g/mol. The van der Waals surface area contributed by atoms with Gasteiger partial charge in [-0.15, -0.1) is 5.75 Å². The third-order valence-electron chi connectivity index (χ3n) is 2.58. The molecule has 0 atom stereocenters. The van der Waals surface area contributed by atoms with Crippen LogP contribution >= 0.6 is 0 Å². The van der Waals surface area contributed by atoms with E-state index >= 15 is 0 Å². The Bertz CT molecular complexity index is 746. The van der Waals surface area contributed by atoms with Crippen molar-refractivity contribution in [3.8, 4) is 11.5 Å². The highest BCUT2D eigenvalue weighted by Crippen LogP contribution is 2.28. The summed E-state index contributed by atoms with van der Waals surface area (Å²) in [7, 11) is 0. The molecule has 0 aliphatic heterocycles. The molecule has 1 aromatic carbocycles. The lowest BCUT2D eigenvalue weighted by Crippen LogP contribution is -2.17. The van der Waals surface area contributed by atoms with Crippen molar-refractivity contribution in [1.82, 2.24) is 10.4 Å². The summed E-state index contributed by atoms with van der Waals surface area (Å²) in [6.45, 7) is 0. The third kappa shape index (κ3) is 3.33. The largest absolute Gasteiger partial charge is 0.872 e. The van der Waals surface area contributed by atoms with Crippen LogP contribution in [0, 0.1) is 10.1 Å². The minimum absolute atomic E-state index is 0.183. The van der Waals surface area contributed by atoms with Gasteiger partial charge in [0.1, 0.15) is 0 Å². The first-order valence-electron chi connectivity index (χ1n) is 5.89. The zero-order valence-corrected chi connectivity index (χ0v) is 10.9. The Balaban J connectivity index is 2.15. The van der Waals surface area contributed by atoms with E-state index in [1.54, 1.807) is 6.07 Å². The van der Waals surface area contributed by atoms with Gasteiger partial charge in [0.15, 0.2) is 0 Å². The molecule has 1 amide bonds. The lowest BCUT2D eigenvalue weighted by atomic mass is 10.2. The normalized spacial score (nSPS) is 10.5. The number of benzene rings is 1. The standard InChI is InChI=1S/C13H10N4O5/c18-11-5-12(19)10(17(21)22)4-9(11)7-15-16-13(20)8-2-1-3-14-6-8/h1-7,18-19H,(H,16,20)/p-2. The molecule has 0 bridgehead atoms. The Morgan fingerprint density at radius 3 is 2.73 bits per heavy atom. The number of carbonyl (C=O) groups is 1. The number of nitrogens with zero attached hydrogens (tertiary/aromatic N) is 3. The molecule has 9 nitrogen and oxygen atoms in total. The van der Waals surface area contributed by atoms with E-state index in [2.05, 4.69) is 15.5 Å². The van der Waals surface area contributed by atoms with Gasteiger partial charge in [-0.25, -0.2) is 5.43 Å². The summed E-state index contributed by atoms with van der Waals surface area (Å²) < 4.78 is 0. The fourth-order valence-electron chi connectivity index (χ4n) is 1.53. The second-order valence-electron chi connectivity index (χ2n) is 4.06. The number of nitrogens with one attached hydrogen (secondary N) is 1. The first-order chi connectivity index (χ1) is 10.5. The molecule has 0 fully saturated rings. The molecule has 9 heteroatoms. The number of pyridine rings is 1. The number of carbonyl (C=O) groups excluding carboxylic acids is 1. The number of hydrogen-bond acceptors (Lipinski definition) is 7. The monoisotopic (exact) mass is 300 g/mol. The minimum atomic E-state index is -0.980. The van der Waals surface area contributed by atoms with Crippen molar-refractivity contribution in [2.45, 2.75) is 0 Å². The van der Waals surface area contributed by atoms with Crippen LogP contribution in [-0.2, 0) is 0 Å². The molecule has 0 unspecified atom stereocenters. The molecule has 0 radical (unpaired) electrons. The molecule has 0 spiro atoms. The number of nitro groups is 1. The Labute approximate surface area is 123 Å². The molecular weight excluding hydrogens is 292 g/mol. The van der Waals surface area contributed by atoms with Crippen LogP contribution in [0.3, 0.4) is 0 Å². The highest BCUT2D eigenvalue weighted by atomic mass is 16.6. The van der Waals surface area contributed by atoms with Crippen LogP contribution < -0.4 is 15.6 Å². The SMILES string of the molecule is O=C(NN=Cc1cc([N+](=O)[O-])c([O-])cc1[O-])c1cccnc1. The topological polar surface area (TPSA) is 144 Å². The summed E-state index contributed by atoms with van der Waals surface area (Å²) in [5.74, 6) is -2.27. The Kier molecular flexibility index (Phi) is 4.27. The zero-order chi connectivity index (χ0) is 16.1. The van der Waals surface area contributed by atoms with E-state index in [9.17, 15) is 25.1 Å². The molecular formula is C13H8N4O5-2. The van der Waals surface area contributed by atoms with Gasteiger partial charge in [-0.05, 0) is 23.4 Å². The molecule has 0 aliphatic rings. The summed E-state index contributed by atoms with van der Waals surface area (Å²) in [5.41, 5.74) is 1.48. The van der Waals surface area contributed by atoms with Gasteiger partial charge in [0.05, 0.1) is 16.7 Å². The molecule has 22 heavy (non-hydrogen) atoms. The third-order valence-corrected chi connectivity index (χ3v) is 2.58. The van der Waals surface area contributed by atoms with Crippen molar-refractivity contribution >= 4 is 17.8 Å². The molecule has 1 heterocycles. The van der Waals surface area contributed by atoms with Crippen molar-refractivity contribution in [3.63, 3.8) is 0 Å². The Morgan fingerprint density at radius 1 is 1.32 bits per heavy atom. The number of nitro benzene ring substituents is 1. The summed E-state index contributed by atoms with van der Waals surface area (Å²) in [5, 5.41) is 36.9. The van der Waals surface area contributed by atoms with Gasteiger partial charge in [-0.3, -0.25) is 19.9 Å². The number of rotatable bonds is 4. The number of amides is 1. The van der Waals surface area contributed by atoms with Crippen molar-refractivity contribution in [2.24, 2.45) is 5.10 Å². The maximum Gasteiger partial charge on any atom is 0.272 e. The highest BCUT2D eigenvalue weighted by molar-refractivity contribution is 5.94. The van der Waals surface area contributed by atoms with Crippen LogP contribution in [0.5, 0.6) is 11.5 Å². The quantitative estimate of drug-likeness (QED) is 0.474. The predicted octanol–water partition coefficient (Wildman–Crippen LogP) is -0.0991. The summed E-state index contributed by atoms with van der Waals surface area (Å²) in [6, 6.07) is 4.48. The first-order valence-corrected chi connectivity index (χ1v) is 5.89. The Hall–Kier alpha value is -3.49. The summed E-state index contributed by atoms with van der Waals surface area (Å²) in [4.78, 5) is 25.1. The fourth-order valence-corrected chi connectivity index (χ4v) is 1.53. The van der Waals surface area contributed by atoms with E-state index in [1.807, 2.05) is 0 Å². The molecule has 0 aliphatic carbocycles. The van der Waals surface area contributed by atoms with E-state index in [0.717, 1.165) is 12.3 Å².